The lowest BCUT2D eigenvalue weighted by Gasteiger charge is -1.97. The Morgan fingerprint density at radius 1 is 1.50 bits per heavy atom. The summed E-state index contributed by atoms with van der Waals surface area (Å²) in [6, 6.07) is 1.18. The fraction of sp³-hybridized carbons (Fsp3) is 0.667. The lowest BCUT2D eigenvalue weighted by Crippen LogP contribution is -3.00. The van der Waals surface area contributed by atoms with Gasteiger partial charge in [0.2, 0.25) is 16.1 Å². The maximum absolute atomic E-state index is 5.29. The van der Waals surface area contributed by atoms with E-state index in [9.17, 15) is 0 Å². The third kappa shape index (κ3) is 5.42. The maximum atomic E-state index is 5.29. The Kier molecular flexibility index (Phi) is 7.84. The van der Waals surface area contributed by atoms with Gasteiger partial charge in [0.05, 0.1) is 13.6 Å². The van der Waals surface area contributed by atoms with Gasteiger partial charge in [0.1, 0.15) is 12.4 Å². The molecule has 1 rings (SSSR count). The SMILES string of the molecule is CCO[Si]CCCn1cc[n+](C)c1.[Cl-]. The Hall–Kier alpha value is -0.323. The minimum absolute atomic E-state index is 0. The molecule has 0 aliphatic carbocycles. The number of aromatic nitrogens is 2. The van der Waals surface area contributed by atoms with Crippen LogP contribution in [-0.2, 0) is 18.0 Å². The number of hydrogen-bond acceptors (Lipinski definition) is 1. The molecule has 1 aromatic heterocycles. The highest BCUT2D eigenvalue weighted by Crippen LogP contribution is 1.94. The van der Waals surface area contributed by atoms with E-state index in [1.165, 1.54) is 12.5 Å². The fourth-order valence-electron chi connectivity index (χ4n) is 1.14. The van der Waals surface area contributed by atoms with Crippen molar-refractivity contribution in [2.45, 2.75) is 25.9 Å². The molecule has 14 heavy (non-hydrogen) atoms. The molecule has 3 nitrogen and oxygen atoms in total. The van der Waals surface area contributed by atoms with Crippen LogP contribution in [-0.4, -0.2) is 20.9 Å². The van der Waals surface area contributed by atoms with E-state index in [4.69, 9.17) is 4.43 Å². The number of rotatable bonds is 6. The van der Waals surface area contributed by atoms with Crippen LogP contribution >= 0.6 is 0 Å². The first kappa shape index (κ1) is 13.7. The molecule has 0 aliphatic heterocycles. The van der Waals surface area contributed by atoms with Crippen LogP contribution in [0, 0.1) is 0 Å². The van der Waals surface area contributed by atoms with Crippen LogP contribution in [0.3, 0.4) is 0 Å². The Bertz CT molecular complexity index is 242. The second-order valence-corrected chi connectivity index (χ2v) is 4.08. The summed E-state index contributed by atoms with van der Waals surface area (Å²) in [7, 11) is 2.71. The van der Waals surface area contributed by atoms with E-state index >= 15 is 0 Å². The summed E-state index contributed by atoms with van der Waals surface area (Å²) in [5, 5.41) is 0. The predicted octanol–water partition coefficient (Wildman–Crippen LogP) is -2.22. The van der Waals surface area contributed by atoms with E-state index in [-0.39, 0.29) is 12.4 Å². The molecule has 0 unspecified atom stereocenters. The molecular formula is C9H17ClN2OSi. The van der Waals surface area contributed by atoms with Gasteiger partial charge in [-0.25, -0.2) is 9.13 Å². The molecule has 0 saturated carbocycles. The maximum Gasteiger partial charge on any atom is 0.243 e. The highest BCUT2D eigenvalue weighted by molar-refractivity contribution is 6.26. The predicted molar refractivity (Wildman–Crippen MR) is 52.4 cm³/mol. The third-order valence-corrected chi connectivity index (χ3v) is 2.82. The van der Waals surface area contributed by atoms with Gasteiger partial charge in [0.25, 0.3) is 0 Å². The topological polar surface area (TPSA) is 18.0 Å². The van der Waals surface area contributed by atoms with Crippen LogP contribution in [0.15, 0.2) is 18.7 Å². The molecule has 80 valence electrons. The fourth-order valence-corrected chi connectivity index (χ4v) is 1.79. The zero-order valence-corrected chi connectivity index (χ0v) is 10.5. The van der Waals surface area contributed by atoms with Gasteiger partial charge >= 0.3 is 0 Å². The summed E-state index contributed by atoms with van der Waals surface area (Å²) in [4.78, 5) is 0. The van der Waals surface area contributed by atoms with Crippen molar-refractivity contribution in [2.75, 3.05) is 6.61 Å². The molecule has 0 aromatic carbocycles. The van der Waals surface area contributed by atoms with Crippen molar-refractivity contribution in [2.24, 2.45) is 7.05 Å². The number of imidazole rings is 1. The lowest BCUT2D eigenvalue weighted by molar-refractivity contribution is -0.671. The van der Waals surface area contributed by atoms with Crippen LogP contribution < -0.4 is 17.0 Å². The van der Waals surface area contributed by atoms with Crippen LogP contribution in [0.5, 0.6) is 0 Å². The van der Waals surface area contributed by atoms with Gasteiger partial charge in [-0.15, -0.1) is 0 Å². The van der Waals surface area contributed by atoms with Crippen molar-refractivity contribution in [3.8, 4) is 0 Å². The Morgan fingerprint density at radius 2 is 2.29 bits per heavy atom. The molecule has 1 heterocycles. The second-order valence-electron chi connectivity index (χ2n) is 3.00. The molecule has 0 bridgehead atoms. The van der Waals surface area contributed by atoms with Crippen molar-refractivity contribution in [1.29, 1.82) is 0 Å². The molecule has 5 heteroatoms. The summed E-state index contributed by atoms with van der Waals surface area (Å²) >= 11 is 0. The Morgan fingerprint density at radius 3 is 2.86 bits per heavy atom. The molecule has 0 saturated heterocycles. The largest absolute Gasteiger partial charge is 1.00 e. The van der Waals surface area contributed by atoms with Crippen molar-refractivity contribution < 1.29 is 21.4 Å². The minimum atomic E-state index is 0. The first-order valence-corrected chi connectivity index (χ1v) is 5.80. The second kappa shape index (κ2) is 8.02. The summed E-state index contributed by atoms with van der Waals surface area (Å²) in [5.41, 5.74) is 0. The zero-order valence-electron chi connectivity index (χ0n) is 8.74. The van der Waals surface area contributed by atoms with E-state index in [2.05, 4.69) is 27.9 Å². The first-order chi connectivity index (χ1) is 6.33. The number of hydrogen-bond donors (Lipinski definition) is 0. The Balaban J connectivity index is 0.00000169. The van der Waals surface area contributed by atoms with Gasteiger partial charge < -0.3 is 16.8 Å². The van der Waals surface area contributed by atoms with Crippen molar-refractivity contribution >= 4 is 9.76 Å². The average Bonchev–Trinajstić information content (AvgIpc) is 2.51. The van der Waals surface area contributed by atoms with E-state index in [0.717, 1.165) is 13.2 Å². The summed E-state index contributed by atoms with van der Waals surface area (Å²) in [5.74, 6) is 0. The quantitative estimate of drug-likeness (QED) is 0.309. The van der Waals surface area contributed by atoms with Crippen LogP contribution in [0.4, 0.5) is 0 Å². The van der Waals surface area contributed by atoms with Crippen molar-refractivity contribution in [3.63, 3.8) is 0 Å². The average molecular weight is 233 g/mol. The smallest absolute Gasteiger partial charge is 0.243 e. The summed E-state index contributed by atoms with van der Waals surface area (Å²) in [6.45, 7) is 3.98. The van der Waals surface area contributed by atoms with Crippen LogP contribution in [0.1, 0.15) is 13.3 Å². The molecule has 0 spiro atoms. The molecule has 0 N–H and O–H groups in total. The number of aryl methyl sites for hydroxylation is 2. The zero-order chi connectivity index (χ0) is 9.52. The van der Waals surface area contributed by atoms with E-state index in [1.807, 2.05) is 14.0 Å². The normalized spacial score (nSPS) is 9.86. The van der Waals surface area contributed by atoms with E-state index in [1.54, 1.807) is 0 Å². The first-order valence-electron chi connectivity index (χ1n) is 4.68. The van der Waals surface area contributed by atoms with Gasteiger partial charge in [-0.3, -0.25) is 0 Å². The highest BCUT2D eigenvalue weighted by atomic mass is 35.5. The van der Waals surface area contributed by atoms with Gasteiger partial charge in [-0.2, -0.15) is 0 Å². The molecule has 0 aliphatic rings. The molecule has 0 amide bonds. The van der Waals surface area contributed by atoms with Crippen molar-refractivity contribution in [1.82, 2.24) is 4.57 Å². The Labute approximate surface area is 94.4 Å². The van der Waals surface area contributed by atoms with E-state index in [0.29, 0.717) is 9.76 Å². The summed E-state index contributed by atoms with van der Waals surface area (Å²) < 4.78 is 9.56. The van der Waals surface area contributed by atoms with Crippen LogP contribution in [0.2, 0.25) is 6.04 Å². The third-order valence-electron chi connectivity index (χ3n) is 1.77. The van der Waals surface area contributed by atoms with Gasteiger partial charge in [-0.05, 0) is 19.4 Å². The van der Waals surface area contributed by atoms with E-state index < -0.39 is 0 Å². The van der Waals surface area contributed by atoms with Gasteiger partial charge in [0, 0.05) is 6.61 Å². The monoisotopic (exact) mass is 232 g/mol. The minimum Gasteiger partial charge on any atom is -1.00 e. The lowest BCUT2D eigenvalue weighted by atomic mass is 10.5. The molecule has 2 radical (unpaired) electrons. The summed E-state index contributed by atoms with van der Waals surface area (Å²) in [6.07, 6.45) is 7.46. The number of halogens is 1. The standard InChI is InChI=1S/C9H17N2OSi.ClH/c1-3-12-13-8-4-5-11-7-6-10(2)9-11;/h6-7,9H,3-5,8H2,1-2H3;1H/q+1;/p-1. The molecular weight excluding hydrogens is 216 g/mol. The molecule has 1 aromatic rings. The molecule has 0 atom stereocenters. The van der Waals surface area contributed by atoms with Crippen LogP contribution in [0.25, 0.3) is 0 Å². The van der Waals surface area contributed by atoms with Crippen molar-refractivity contribution in [3.05, 3.63) is 18.7 Å². The van der Waals surface area contributed by atoms with Gasteiger partial charge in [-0.1, -0.05) is 0 Å². The number of nitrogens with zero attached hydrogens (tertiary/aromatic N) is 2. The highest BCUT2D eigenvalue weighted by Gasteiger charge is 1.99. The van der Waals surface area contributed by atoms with Gasteiger partial charge in [0.15, 0.2) is 0 Å². The molecule has 0 fully saturated rings.